The first-order valence-electron chi connectivity index (χ1n) is 10.4. The van der Waals surface area contributed by atoms with Crippen LogP contribution in [-0.2, 0) is 12.0 Å². The maximum absolute atomic E-state index is 11.8. The lowest BCUT2D eigenvalue weighted by atomic mass is 9.86. The number of benzene rings is 2. The Kier molecular flexibility index (Phi) is 11.0. The number of rotatable bonds is 7. The Morgan fingerprint density at radius 2 is 1.77 bits per heavy atom. The maximum Gasteiger partial charge on any atom is 0.251 e. The van der Waals surface area contributed by atoms with Gasteiger partial charge >= 0.3 is 0 Å². The van der Waals surface area contributed by atoms with Crippen LogP contribution in [0.4, 0.5) is 0 Å². The van der Waals surface area contributed by atoms with Gasteiger partial charge in [-0.05, 0) is 41.2 Å². The molecule has 0 bridgehead atoms. The Morgan fingerprint density at radius 3 is 2.35 bits per heavy atom. The van der Waals surface area contributed by atoms with Gasteiger partial charge in [0.05, 0.1) is 12.6 Å². The van der Waals surface area contributed by atoms with Gasteiger partial charge in [0.15, 0.2) is 5.96 Å². The second-order valence-electron chi connectivity index (χ2n) is 8.24. The largest absolute Gasteiger partial charge is 0.387 e. The minimum Gasteiger partial charge on any atom is -0.387 e. The summed E-state index contributed by atoms with van der Waals surface area (Å²) in [6.45, 7) is 9.98. The number of amides is 1. The van der Waals surface area contributed by atoms with Gasteiger partial charge in [0.1, 0.15) is 0 Å². The van der Waals surface area contributed by atoms with Crippen LogP contribution in [0.1, 0.15) is 60.8 Å². The number of nitrogens with zero attached hydrogens (tertiary/aromatic N) is 1. The van der Waals surface area contributed by atoms with Crippen LogP contribution in [0.5, 0.6) is 0 Å². The standard InChI is InChI=1S/C24H34N4O2.HI/c1-6-26-23(27-15-17-8-7-9-19(14-17)22(30)25-5)28-16-21(29)18-10-12-20(13-11-18)24(2,3)4;/h7-14,21,29H,6,15-16H2,1-5H3,(H,25,30)(H2,26,27,28);1H. The summed E-state index contributed by atoms with van der Waals surface area (Å²) < 4.78 is 0. The molecule has 0 aromatic heterocycles. The highest BCUT2D eigenvalue weighted by Gasteiger charge is 2.15. The zero-order valence-corrected chi connectivity index (χ0v) is 21.4. The molecule has 0 aliphatic rings. The average Bonchev–Trinajstić information content (AvgIpc) is 2.74. The molecule has 0 heterocycles. The van der Waals surface area contributed by atoms with Crippen molar-refractivity contribution in [1.82, 2.24) is 16.0 Å². The number of carbonyl (C=O) groups excluding carboxylic acids is 1. The van der Waals surface area contributed by atoms with Crippen LogP contribution in [0.3, 0.4) is 0 Å². The molecule has 2 rings (SSSR count). The van der Waals surface area contributed by atoms with E-state index in [1.165, 1.54) is 5.56 Å². The molecule has 1 unspecified atom stereocenters. The highest BCUT2D eigenvalue weighted by Crippen LogP contribution is 2.23. The van der Waals surface area contributed by atoms with E-state index in [-0.39, 0.29) is 35.3 Å². The summed E-state index contributed by atoms with van der Waals surface area (Å²) in [6.07, 6.45) is -0.639. The summed E-state index contributed by atoms with van der Waals surface area (Å²) in [5, 5.41) is 19.6. The van der Waals surface area contributed by atoms with Crippen molar-refractivity contribution < 1.29 is 9.90 Å². The van der Waals surface area contributed by atoms with Gasteiger partial charge in [0.25, 0.3) is 5.91 Å². The van der Waals surface area contributed by atoms with Crippen LogP contribution in [0.2, 0.25) is 0 Å². The highest BCUT2D eigenvalue weighted by molar-refractivity contribution is 14.0. The number of hydrogen-bond acceptors (Lipinski definition) is 3. The zero-order valence-electron chi connectivity index (χ0n) is 19.0. The second-order valence-corrected chi connectivity index (χ2v) is 8.24. The number of aliphatic hydroxyl groups is 1. The quantitative estimate of drug-likeness (QED) is 0.246. The second kappa shape index (κ2) is 12.7. The first kappa shape index (κ1) is 26.9. The zero-order chi connectivity index (χ0) is 22.1. The van der Waals surface area contributed by atoms with Crippen LogP contribution >= 0.6 is 24.0 Å². The van der Waals surface area contributed by atoms with Crippen molar-refractivity contribution in [2.75, 3.05) is 20.1 Å². The summed E-state index contributed by atoms with van der Waals surface area (Å²) >= 11 is 0. The normalized spacial score (nSPS) is 12.5. The van der Waals surface area contributed by atoms with Crippen molar-refractivity contribution in [2.24, 2.45) is 4.99 Å². The lowest BCUT2D eigenvalue weighted by Crippen LogP contribution is -2.39. The third-order valence-electron chi connectivity index (χ3n) is 4.80. The Balaban J connectivity index is 0.00000480. The van der Waals surface area contributed by atoms with E-state index in [0.717, 1.165) is 11.1 Å². The van der Waals surface area contributed by atoms with Crippen molar-refractivity contribution >= 4 is 35.8 Å². The van der Waals surface area contributed by atoms with Gasteiger partial charge in [-0.3, -0.25) is 4.79 Å². The van der Waals surface area contributed by atoms with E-state index < -0.39 is 6.10 Å². The third kappa shape index (κ3) is 8.49. The molecule has 0 fully saturated rings. The van der Waals surface area contributed by atoms with Gasteiger partial charge < -0.3 is 21.1 Å². The minimum atomic E-state index is -0.639. The predicted octanol–water partition coefficient (Wildman–Crippen LogP) is 3.75. The van der Waals surface area contributed by atoms with Crippen LogP contribution in [0.15, 0.2) is 53.5 Å². The summed E-state index contributed by atoms with van der Waals surface area (Å²) in [4.78, 5) is 16.4. The van der Waals surface area contributed by atoms with Gasteiger partial charge in [-0.2, -0.15) is 0 Å². The molecule has 2 aromatic rings. The fraction of sp³-hybridized carbons (Fsp3) is 0.417. The fourth-order valence-electron chi connectivity index (χ4n) is 2.98. The van der Waals surface area contributed by atoms with Crippen LogP contribution in [0.25, 0.3) is 0 Å². The van der Waals surface area contributed by atoms with E-state index in [1.807, 2.05) is 37.3 Å². The van der Waals surface area contributed by atoms with Crippen molar-refractivity contribution in [1.29, 1.82) is 0 Å². The molecule has 0 spiro atoms. The average molecular weight is 538 g/mol. The molecule has 4 N–H and O–H groups in total. The maximum atomic E-state index is 11.8. The van der Waals surface area contributed by atoms with Crippen molar-refractivity contribution in [3.8, 4) is 0 Å². The molecular weight excluding hydrogens is 503 g/mol. The van der Waals surface area contributed by atoms with Crippen LogP contribution in [-0.4, -0.2) is 37.1 Å². The first-order chi connectivity index (χ1) is 14.2. The number of aliphatic imine (C=N–C) groups is 1. The molecule has 7 heteroatoms. The van der Waals surface area contributed by atoms with E-state index in [4.69, 9.17) is 0 Å². The smallest absolute Gasteiger partial charge is 0.251 e. The van der Waals surface area contributed by atoms with Gasteiger partial charge in [0, 0.05) is 25.7 Å². The monoisotopic (exact) mass is 538 g/mol. The number of halogens is 1. The lowest BCUT2D eigenvalue weighted by Gasteiger charge is -2.20. The highest BCUT2D eigenvalue weighted by atomic mass is 127. The summed E-state index contributed by atoms with van der Waals surface area (Å²) in [6, 6.07) is 15.5. The van der Waals surface area contributed by atoms with E-state index in [9.17, 15) is 9.90 Å². The Morgan fingerprint density at radius 1 is 1.10 bits per heavy atom. The van der Waals surface area contributed by atoms with Gasteiger partial charge in [-0.25, -0.2) is 4.99 Å². The molecule has 170 valence electrons. The molecule has 0 saturated carbocycles. The van der Waals surface area contributed by atoms with Gasteiger partial charge in [-0.15, -0.1) is 24.0 Å². The summed E-state index contributed by atoms with van der Waals surface area (Å²) in [5.41, 5.74) is 3.73. The SMILES string of the molecule is CCNC(=NCc1cccc(C(=O)NC)c1)NCC(O)c1ccc(C(C)(C)C)cc1.I. The number of guanidine groups is 1. The number of carbonyl (C=O) groups is 1. The molecule has 6 nitrogen and oxygen atoms in total. The number of aliphatic hydroxyl groups excluding tert-OH is 1. The molecule has 0 aliphatic carbocycles. The molecule has 1 amide bonds. The van der Waals surface area contributed by atoms with Crippen LogP contribution in [0, 0.1) is 0 Å². The number of hydrogen-bond donors (Lipinski definition) is 4. The Bertz CT molecular complexity index is 861. The Labute approximate surface area is 203 Å². The predicted molar refractivity (Wildman–Crippen MR) is 138 cm³/mol. The van der Waals surface area contributed by atoms with E-state index in [0.29, 0.717) is 31.2 Å². The molecule has 0 radical (unpaired) electrons. The molecular formula is C24H35IN4O2. The van der Waals surface area contributed by atoms with E-state index >= 15 is 0 Å². The van der Waals surface area contributed by atoms with Crippen molar-refractivity contribution in [2.45, 2.75) is 45.8 Å². The van der Waals surface area contributed by atoms with E-state index in [2.05, 4.69) is 53.8 Å². The summed E-state index contributed by atoms with van der Waals surface area (Å²) in [7, 11) is 1.61. The fourth-order valence-corrected chi connectivity index (χ4v) is 2.98. The van der Waals surface area contributed by atoms with Gasteiger partial charge in [-0.1, -0.05) is 57.2 Å². The van der Waals surface area contributed by atoms with Crippen LogP contribution < -0.4 is 16.0 Å². The molecule has 2 aromatic carbocycles. The molecule has 0 aliphatic heterocycles. The molecule has 1 atom stereocenters. The van der Waals surface area contributed by atoms with E-state index in [1.54, 1.807) is 13.1 Å². The number of nitrogens with one attached hydrogen (secondary N) is 3. The molecule has 0 saturated heterocycles. The minimum absolute atomic E-state index is 0. The lowest BCUT2D eigenvalue weighted by molar-refractivity contribution is 0.0963. The summed E-state index contributed by atoms with van der Waals surface area (Å²) in [5.74, 6) is 0.500. The third-order valence-corrected chi connectivity index (χ3v) is 4.80. The topological polar surface area (TPSA) is 85.8 Å². The van der Waals surface area contributed by atoms with Crippen molar-refractivity contribution in [3.63, 3.8) is 0 Å². The molecule has 31 heavy (non-hydrogen) atoms. The van der Waals surface area contributed by atoms with Crippen molar-refractivity contribution in [3.05, 3.63) is 70.8 Å². The Hall–Kier alpha value is -2.13. The van der Waals surface area contributed by atoms with Gasteiger partial charge in [0.2, 0.25) is 0 Å². The first-order valence-corrected chi connectivity index (χ1v) is 10.4.